The van der Waals surface area contributed by atoms with Crippen molar-refractivity contribution in [3.8, 4) is 0 Å². The predicted molar refractivity (Wildman–Crippen MR) is 46.4 cm³/mol. The summed E-state index contributed by atoms with van der Waals surface area (Å²) in [7, 11) is 3.38. The number of nitrogens with one attached hydrogen (secondary N) is 1. The number of carbonyl (C=O) groups is 1. The van der Waals surface area contributed by atoms with Crippen LogP contribution in [0.25, 0.3) is 0 Å². The van der Waals surface area contributed by atoms with Crippen LogP contribution in [0.2, 0.25) is 0 Å². The molecular weight excluding hydrogens is 168 g/mol. The number of hydrogen-bond acceptors (Lipinski definition) is 3. The Hall–Kier alpha value is -1.39. The highest BCUT2D eigenvalue weighted by Crippen LogP contribution is 2.37. The molecule has 1 saturated carbocycles. The molecule has 1 fully saturated rings. The molecule has 0 aromatic carbocycles. The molecule has 5 heteroatoms. The molecule has 1 heterocycles. The first kappa shape index (κ1) is 8.22. The highest BCUT2D eigenvalue weighted by Gasteiger charge is 2.28. The molecule has 0 unspecified atom stereocenters. The Morgan fingerprint density at radius 1 is 1.54 bits per heavy atom. The smallest absolute Gasteiger partial charge is 0.293 e. The van der Waals surface area contributed by atoms with Gasteiger partial charge in [-0.3, -0.25) is 9.89 Å². The number of hydrogen-bond donors (Lipinski definition) is 1. The molecule has 1 aliphatic rings. The van der Waals surface area contributed by atoms with Gasteiger partial charge in [0.1, 0.15) is 5.82 Å². The van der Waals surface area contributed by atoms with E-state index in [9.17, 15) is 4.79 Å². The molecule has 5 nitrogen and oxygen atoms in total. The Bertz CT molecular complexity index is 327. The van der Waals surface area contributed by atoms with E-state index in [0.29, 0.717) is 5.92 Å². The SMILES string of the molecule is CN(C)C(=O)c1n[nH]c(C2CC2)n1. The third-order valence-electron chi connectivity index (χ3n) is 2.06. The summed E-state index contributed by atoms with van der Waals surface area (Å²) in [4.78, 5) is 17.0. The maximum Gasteiger partial charge on any atom is 0.293 e. The zero-order chi connectivity index (χ0) is 9.42. The second-order valence-electron chi connectivity index (χ2n) is 3.52. The molecule has 0 spiro atoms. The van der Waals surface area contributed by atoms with Crippen molar-refractivity contribution in [2.45, 2.75) is 18.8 Å². The minimum atomic E-state index is -0.150. The average molecular weight is 180 g/mol. The first-order valence-corrected chi connectivity index (χ1v) is 4.32. The van der Waals surface area contributed by atoms with Crippen molar-refractivity contribution in [2.75, 3.05) is 14.1 Å². The topological polar surface area (TPSA) is 61.9 Å². The summed E-state index contributed by atoms with van der Waals surface area (Å²) in [5, 5.41) is 6.67. The van der Waals surface area contributed by atoms with Crippen LogP contribution in [-0.2, 0) is 0 Å². The van der Waals surface area contributed by atoms with E-state index in [1.165, 1.54) is 4.90 Å². The van der Waals surface area contributed by atoms with Crippen LogP contribution >= 0.6 is 0 Å². The lowest BCUT2D eigenvalue weighted by molar-refractivity contribution is 0.0816. The summed E-state index contributed by atoms with van der Waals surface area (Å²) in [6, 6.07) is 0. The van der Waals surface area contributed by atoms with Crippen LogP contribution in [0.5, 0.6) is 0 Å². The van der Waals surface area contributed by atoms with Gasteiger partial charge in [0.2, 0.25) is 5.82 Å². The van der Waals surface area contributed by atoms with Crippen LogP contribution < -0.4 is 0 Å². The van der Waals surface area contributed by atoms with Gasteiger partial charge >= 0.3 is 0 Å². The van der Waals surface area contributed by atoms with Crippen molar-refractivity contribution in [3.63, 3.8) is 0 Å². The van der Waals surface area contributed by atoms with Gasteiger partial charge in [-0.25, -0.2) is 4.98 Å². The van der Waals surface area contributed by atoms with Crippen molar-refractivity contribution in [2.24, 2.45) is 0 Å². The molecule has 13 heavy (non-hydrogen) atoms. The average Bonchev–Trinajstić information content (AvgIpc) is 2.83. The van der Waals surface area contributed by atoms with Gasteiger partial charge in [-0.05, 0) is 12.8 Å². The normalized spacial score (nSPS) is 15.8. The molecular formula is C8H12N4O. The van der Waals surface area contributed by atoms with Crippen LogP contribution in [0.15, 0.2) is 0 Å². The summed E-state index contributed by atoms with van der Waals surface area (Å²) in [6.45, 7) is 0. The fourth-order valence-corrected chi connectivity index (χ4v) is 1.11. The van der Waals surface area contributed by atoms with Crippen LogP contribution in [0.1, 0.15) is 35.2 Å². The standard InChI is InChI=1S/C8H12N4O/c1-12(2)8(13)7-9-6(10-11-7)5-3-4-5/h5H,3-4H2,1-2H3,(H,9,10,11). The molecule has 0 bridgehead atoms. The molecule has 1 aliphatic carbocycles. The summed E-state index contributed by atoms with van der Waals surface area (Å²) in [5.74, 6) is 1.48. The van der Waals surface area contributed by atoms with E-state index in [1.807, 2.05) is 0 Å². The first-order valence-electron chi connectivity index (χ1n) is 4.32. The van der Waals surface area contributed by atoms with Crippen LogP contribution in [0.4, 0.5) is 0 Å². The number of nitrogens with zero attached hydrogens (tertiary/aromatic N) is 3. The quantitative estimate of drug-likeness (QED) is 0.715. The highest BCUT2D eigenvalue weighted by atomic mass is 16.2. The predicted octanol–water partition coefficient (Wildman–Crippen LogP) is 0.384. The summed E-state index contributed by atoms with van der Waals surface area (Å²) >= 11 is 0. The van der Waals surface area contributed by atoms with E-state index < -0.39 is 0 Å². The fourth-order valence-electron chi connectivity index (χ4n) is 1.11. The van der Waals surface area contributed by atoms with Crippen LogP contribution in [0.3, 0.4) is 0 Å². The van der Waals surface area contributed by atoms with Gasteiger partial charge in [0.25, 0.3) is 5.91 Å². The molecule has 0 saturated heterocycles. The Balaban J connectivity index is 2.16. The first-order chi connectivity index (χ1) is 6.18. The maximum absolute atomic E-state index is 11.4. The maximum atomic E-state index is 11.4. The van der Waals surface area contributed by atoms with Gasteiger partial charge in [0.15, 0.2) is 0 Å². The molecule has 2 rings (SSSR count). The Labute approximate surface area is 76.2 Å². The summed E-state index contributed by atoms with van der Waals surface area (Å²) in [6.07, 6.45) is 2.32. The fraction of sp³-hybridized carbons (Fsp3) is 0.625. The van der Waals surface area contributed by atoms with Gasteiger partial charge < -0.3 is 4.90 Å². The highest BCUT2D eigenvalue weighted by molar-refractivity contribution is 5.89. The second kappa shape index (κ2) is 2.83. The Kier molecular flexibility index (Phi) is 1.79. The summed E-state index contributed by atoms with van der Waals surface area (Å²) < 4.78 is 0. The van der Waals surface area contributed by atoms with E-state index in [-0.39, 0.29) is 11.7 Å². The van der Waals surface area contributed by atoms with E-state index in [4.69, 9.17) is 0 Å². The lowest BCUT2D eigenvalue weighted by atomic mass is 10.4. The number of amides is 1. The molecule has 1 amide bonds. The van der Waals surface area contributed by atoms with Crippen LogP contribution in [-0.4, -0.2) is 40.1 Å². The monoisotopic (exact) mass is 180 g/mol. The van der Waals surface area contributed by atoms with Gasteiger partial charge in [0, 0.05) is 20.0 Å². The Morgan fingerprint density at radius 2 is 2.23 bits per heavy atom. The third-order valence-corrected chi connectivity index (χ3v) is 2.06. The summed E-state index contributed by atoms with van der Waals surface area (Å²) in [5.41, 5.74) is 0. The van der Waals surface area contributed by atoms with Gasteiger partial charge in [-0.15, -0.1) is 5.10 Å². The zero-order valence-electron chi connectivity index (χ0n) is 7.74. The lowest BCUT2D eigenvalue weighted by Gasteiger charge is -2.05. The molecule has 0 atom stereocenters. The third kappa shape index (κ3) is 1.54. The van der Waals surface area contributed by atoms with E-state index >= 15 is 0 Å². The molecule has 0 aliphatic heterocycles. The van der Waals surface area contributed by atoms with E-state index in [0.717, 1.165) is 18.7 Å². The van der Waals surface area contributed by atoms with Gasteiger partial charge in [0.05, 0.1) is 0 Å². The Morgan fingerprint density at radius 3 is 2.77 bits per heavy atom. The molecule has 0 radical (unpaired) electrons. The second-order valence-corrected chi connectivity index (χ2v) is 3.52. The lowest BCUT2D eigenvalue weighted by Crippen LogP contribution is -2.22. The minimum absolute atomic E-state index is 0.150. The van der Waals surface area contributed by atoms with Crippen molar-refractivity contribution in [3.05, 3.63) is 11.6 Å². The molecule has 1 aromatic rings. The largest absolute Gasteiger partial charge is 0.342 e. The van der Waals surface area contributed by atoms with Crippen molar-refractivity contribution < 1.29 is 4.79 Å². The van der Waals surface area contributed by atoms with Crippen molar-refractivity contribution >= 4 is 5.91 Å². The number of aromatic nitrogens is 3. The van der Waals surface area contributed by atoms with E-state index in [1.54, 1.807) is 14.1 Å². The zero-order valence-corrected chi connectivity index (χ0v) is 7.74. The van der Waals surface area contributed by atoms with Crippen molar-refractivity contribution in [1.82, 2.24) is 20.1 Å². The van der Waals surface area contributed by atoms with Gasteiger partial charge in [-0.2, -0.15) is 0 Å². The minimum Gasteiger partial charge on any atom is -0.342 e. The molecule has 1 aromatic heterocycles. The van der Waals surface area contributed by atoms with Gasteiger partial charge in [-0.1, -0.05) is 0 Å². The van der Waals surface area contributed by atoms with Crippen LogP contribution in [0, 0.1) is 0 Å². The number of rotatable bonds is 2. The molecule has 70 valence electrons. The number of H-pyrrole nitrogens is 1. The van der Waals surface area contributed by atoms with Crippen molar-refractivity contribution in [1.29, 1.82) is 0 Å². The number of carbonyl (C=O) groups excluding carboxylic acids is 1. The number of aromatic amines is 1. The molecule has 1 N–H and O–H groups in total. The van der Waals surface area contributed by atoms with E-state index in [2.05, 4.69) is 15.2 Å².